The number of hydrogen-bond acceptors (Lipinski definition) is 3. The Labute approximate surface area is 107 Å². The molecule has 0 atom stereocenters. The smallest absolute Gasteiger partial charge is 0.309 e. The van der Waals surface area contributed by atoms with Gasteiger partial charge in [0.25, 0.3) is 0 Å². The van der Waals surface area contributed by atoms with Gasteiger partial charge in [-0.2, -0.15) is 13.2 Å². The van der Waals surface area contributed by atoms with Gasteiger partial charge in [-0.3, -0.25) is 10.7 Å². The Morgan fingerprint density at radius 1 is 1.33 bits per heavy atom. The van der Waals surface area contributed by atoms with E-state index in [1.165, 1.54) is 0 Å². The third kappa shape index (κ3) is 2.62. The van der Waals surface area contributed by atoms with Gasteiger partial charge in [-0.15, -0.1) is 4.68 Å². The van der Waals surface area contributed by atoms with Gasteiger partial charge < -0.3 is 5.32 Å². The van der Waals surface area contributed by atoms with Crippen LogP contribution in [0.1, 0.15) is 5.56 Å². The number of pyridine rings is 1. The summed E-state index contributed by atoms with van der Waals surface area (Å²) in [7, 11) is 0. The first-order chi connectivity index (χ1) is 8.39. The van der Waals surface area contributed by atoms with Crippen molar-refractivity contribution >= 4 is 17.4 Å². The summed E-state index contributed by atoms with van der Waals surface area (Å²) in [5, 5.41) is 3.15. The molecule has 1 saturated heterocycles. The molecule has 1 aromatic rings. The number of anilines is 1. The highest BCUT2D eigenvalue weighted by atomic mass is 35.5. The van der Waals surface area contributed by atoms with Gasteiger partial charge in [-0.1, -0.05) is 11.6 Å². The summed E-state index contributed by atoms with van der Waals surface area (Å²) < 4.78 is 38.7. The predicted molar refractivity (Wildman–Crippen MR) is 61.9 cm³/mol. The van der Waals surface area contributed by atoms with E-state index in [1.807, 2.05) is 4.90 Å². The fourth-order valence-electron chi connectivity index (χ4n) is 1.92. The van der Waals surface area contributed by atoms with Crippen molar-refractivity contribution in [3.05, 3.63) is 22.8 Å². The Bertz CT molecular complexity index is 420. The second kappa shape index (κ2) is 4.81. The van der Waals surface area contributed by atoms with Gasteiger partial charge in [0.2, 0.25) is 0 Å². The number of hydrogen-bond donors (Lipinski definition) is 2. The molecule has 4 nitrogen and oxygen atoms in total. The Hall–Kier alpha value is -1.21. The van der Waals surface area contributed by atoms with E-state index in [9.17, 15) is 13.2 Å². The summed E-state index contributed by atoms with van der Waals surface area (Å²) in [5.74, 6) is 6.03. The lowest BCUT2D eigenvalue weighted by molar-refractivity contribution is -0.627. The van der Waals surface area contributed by atoms with Crippen molar-refractivity contribution in [2.75, 3.05) is 36.9 Å². The summed E-state index contributed by atoms with van der Waals surface area (Å²) in [5.41, 5.74) is -0.853. The monoisotopic (exact) mass is 281 g/mol. The van der Waals surface area contributed by atoms with E-state index in [0.29, 0.717) is 18.9 Å². The molecule has 1 aliphatic rings. The Balaban J connectivity index is 2.37. The van der Waals surface area contributed by atoms with Gasteiger partial charge in [0.15, 0.2) is 0 Å². The zero-order chi connectivity index (χ0) is 13.3. The lowest BCUT2D eigenvalue weighted by Gasteiger charge is -2.24. The summed E-state index contributed by atoms with van der Waals surface area (Å²) in [6.45, 7) is 2.80. The average Bonchev–Trinajstić information content (AvgIpc) is 2.28. The minimum atomic E-state index is -4.45. The molecular weight excluding hydrogens is 269 g/mol. The van der Waals surface area contributed by atoms with Crippen molar-refractivity contribution in [3.8, 4) is 0 Å². The van der Waals surface area contributed by atoms with E-state index in [4.69, 9.17) is 17.4 Å². The highest BCUT2D eigenvalue weighted by Crippen LogP contribution is 2.32. The highest BCUT2D eigenvalue weighted by Gasteiger charge is 2.35. The van der Waals surface area contributed by atoms with Crippen molar-refractivity contribution in [2.24, 2.45) is 0 Å². The molecule has 2 rings (SSSR count). The van der Waals surface area contributed by atoms with Crippen molar-refractivity contribution in [2.45, 2.75) is 6.18 Å². The van der Waals surface area contributed by atoms with Crippen molar-refractivity contribution < 1.29 is 17.8 Å². The lowest BCUT2D eigenvalue weighted by Crippen LogP contribution is -2.54. The molecule has 0 aromatic carbocycles. The molecule has 100 valence electrons. The fraction of sp³-hybridized carbons (Fsp3) is 0.500. The number of alkyl halides is 3. The molecule has 8 heteroatoms. The number of aromatic nitrogens is 1. The normalized spacial score (nSPS) is 17.0. The number of nitrogen functional groups attached to an aromatic ring is 1. The second-order valence-corrected chi connectivity index (χ2v) is 4.45. The van der Waals surface area contributed by atoms with E-state index < -0.39 is 11.7 Å². The van der Waals surface area contributed by atoms with Crippen LogP contribution in [0.2, 0.25) is 5.02 Å². The van der Waals surface area contributed by atoms with Crippen molar-refractivity contribution in [1.82, 2.24) is 5.32 Å². The molecule has 1 fully saturated rings. The lowest BCUT2D eigenvalue weighted by atomic mass is 10.2. The van der Waals surface area contributed by atoms with Crippen LogP contribution in [0, 0.1) is 0 Å². The van der Waals surface area contributed by atoms with Gasteiger partial charge in [0.05, 0.1) is 18.7 Å². The van der Waals surface area contributed by atoms with Crippen LogP contribution in [-0.2, 0) is 6.18 Å². The van der Waals surface area contributed by atoms with Crippen LogP contribution in [0.5, 0.6) is 0 Å². The fourth-order valence-corrected chi connectivity index (χ4v) is 2.25. The van der Waals surface area contributed by atoms with E-state index in [0.717, 1.165) is 30.0 Å². The molecule has 0 radical (unpaired) electrons. The summed E-state index contributed by atoms with van der Waals surface area (Å²) >= 11 is 5.91. The van der Waals surface area contributed by atoms with E-state index in [-0.39, 0.29) is 5.02 Å². The quantitative estimate of drug-likeness (QED) is 0.590. The number of nitrogens with one attached hydrogen (secondary N) is 1. The van der Waals surface area contributed by atoms with Gasteiger partial charge >= 0.3 is 12.0 Å². The van der Waals surface area contributed by atoms with Crippen LogP contribution in [0.3, 0.4) is 0 Å². The Kier molecular flexibility index (Phi) is 3.54. The molecule has 0 spiro atoms. The zero-order valence-electron chi connectivity index (χ0n) is 9.47. The molecular formula is C10H13ClF3N4+. The maximum absolute atomic E-state index is 12.6. The minimum Gasteiger partial charge on any atom is -0.309 e. The van der Waals surface area contributed by atoms with E-state index in [1.54, 1.807) is 0 Å². The van der Waals surface area contributed by atoms with Crippen LogP contribution in [0.4, 0.5) is 19.0 Å². The third-order valence-electron chi connectivity index (χ3n) is 2.76. The van der Waals surface area contributed by atoms with Crippen LogP contribution in [0.25, 0.3) is 0 Å². The van der Waals surface area contributed by atoms with E-state index >= 15 is 0 Å². The standard InChI is InChI=1S/C10H13ClF3N4/c11-8-5-7(10(12,13)14)6-18(15)9(8)17-3-1-16-2-4-17/h5-6,16H,1-4,15H2/q+1. The van der Waals surface area contributed by atoms with Gasteiger partial charge in [-0.05, 0) is 6.07 Å². The maximum atomic E-state index is 12.6. The summed E-state index contributed by atoms with van der Waals surface area (Å²) in [6.07, 6.45) is -3.60. The maximum Gasteiger partial charge on any atom is 0.420 e. The molecule has 0 unspecified atom stereocenters. The van der Waals surface area contributed by atoms with Crippen molar-refractivity contribution in [1.29, 1.82) is 0 Å². The van der Waals surface area contributed by atoms with Gasteiger partial charge in [0, 0.05) is 13.1 Å². The number of nitrogens with zero attached hydrogens (tertiary/aromatic N) is 2. The first kappa shape index (κ1) is 13.2. The first-order valence-corrected chi connectivity index (χ1v) is 5.80. The van der Waals surface area contributed by atoms with Crippen LogP contribution in [0.15, 0.2) is 12.3 Å². The molecule has 0 amide bonds. The van der Waals surface area contributed by atoms with E-state index in [2.05, 4.69) is 5.32 Å². The molecule has 0 bridgehead atoms. The number of nitrogens with two attached hydrogens (primary N) is 1. The largest absolute Gasteiger partial charge is 0.420 e. The Morgan fingerprint density at radius 2 is 1.94 bits per heavy atom. The minimum absolute atomic E-state index is 0.00854. The topological polar surface area (TPSA) is 45.2 Å². The molecule has 2 heterocycles. The molecule has 1 aliphatic heterocycles. The van der Waals surface area contributed by atoms with Crippen LogP contribution >= 0.6 is 11.6 Å². The third-order valence-corrected chi connectivity index (χ3v) is 3.04. The predicted octanol–water partition coefficient (Wildman–Crippen LogP) is 0.770. The summed E-state index contributed by atoms with van der Waals surface area (Å²) in [4.78, 5) is 1.86. The molecule has 3 N–H and O–H groups in total. The average molecular weight is 282 g/mol. The molecule has 0 saturated carbocycles. The van der Waals surface area contributed by atoms with Gasteiger partial charge in [-0.25, -0.2) is 0 Å². The van der Waals surface area contributed by atoms with Crippen LogP contribution in [-0.4, -0.2) is 26.2 Å². The summed E-state index contributed by atoms with van der Waals surface area (Å²) in [6, 6.07) is 0.905. The molecule has 1 aromatic heterocycles. The SMILES string of the molecule is N[n+]1cc(C(F)(F)F)cc(Cl)c1N1CCNCC1. The molecule has 18 heavy (non-hydrogen) atoms. The molecule has 0 aliphatic carbocycles. The Morgan fingerprint density at radius 3 is 2.44 bits per heavy atom. The van der Waals surface area contributed by atoms with Crippen molar-refractivity contribution in [3.63, 3.8) is 0 Å². The zero-order valence-corrected chi connectivity index (χ0v) is 10.2. The van der Waals surface area contributed by atoms with Crippen LogP contribution < -0.4 is 20.7 Å². The van der Waals surface area contributed by atoms with Gasteiger partial charge in [0.1, 0.15) is 11.2 Å². The second-order valence-electron chi connectivity index (χ2n) is 4.04. The first-order valence-electron chi connectivity index (χ1n) is 5.43. The number of halogens is 4. The highest BCUT2D eigenvalue weighted by molar-refractivity contribution is 6.32. The number of piperazine rings is 1. The number of rotatable bonds is 1.